The maximum absolute atomic E-state index is 6.00. The van der Waals surface area contributed by atoms with Gasteiger partial charge in [0, 0.05) is 6.04 Å². The third kappa shape index (κ3) is 2.83. The van der Waals surface area contributed by atoms with Crippen LogP contribution in [0.15, 0.2) is 6.33 Å². The molecule has 0 radical (unpaired) electrons. The summed E-state index contributed by atoms with van der Waals surface area (Å²) in [5, 5.41) is 3.39. The highest BCUT2D eigenvalue weighted by atomic mass is 16.5. The minimum atomic E-state index is 0.388. The first-order chi connectivity index (χ1) is 8.72. The van der Waals surface area contributed by atoms with Gasteiger partial charge in [-0.15, -0.1) is 0 Å². The lowest BCUT2D eigenvalue weighted by Crippen LogP contribution is -2.25. The van der Waals surface area contributed by atoms with E-state index in [0.717, 1.165) is 5.92 Å². The van der Waals surface area contributed by atoms with Crippen molar-refractivity contribution in [3.63, 3.8) is 0 Å². The molecule has 5 nitrogen and oxygen atoms in total. The van der Waals surface area contributed by atoms with Gasteiger partial charge in [-0.2, -0.15) is 4.98 Å². The molecular formula is C13H22N4O. The van der Waals surface area contributed by atoms with Gasteiger partial charge in [0.1, 0.15) is 12.0 Å². The van der Waals surface area contributed by atoms with E-state index in [1.807, 2.05) is 6.92 Å². The Bertz CT molecular complexity index is 391. The van der Waals surface area contributed by atoms with Gasteiger partial charge in [0.15, 0.2) is 5.82 Å². The molecule has 18 heavy (non-hydrogen) atoms. The predicted octanol–water partition coefficient (Wildman–Crippen LogP) is 2.45. The van der Waals surface area contributed by atoms with Crippen LogP contribution in [0.2, 0.25) is 0 Å². The minimum absolute atomic E-state index is 0.388. The summed E-state index contributed by atoms with van der Waals surface area (Å²) in [4.78, 5) is 8.24. The van der Waals surface area contributed by atoms with E-state index in [1.165, 1.54) is 32.0 Å². The number of hydrogen-bond acceptors (Lipinski definition) is 5. The molecule has 0 aromatic carbocycles. The van der Waals surface area contributed by atoms with Crippen LogP contribution in [-0.4, -0.2) is 22.6 Å². The first-order valence-corrected chi connectivity index (χ1v) is 6.72. The molecule has 0 saturated heterocycles. The van der Waals surface area contributed by atoms with E-state index in [4.69, 9.17) is 10.5 Å². The number of hydrogen-bond donors (Lipinski definition) is 2. The van der Waals surface area contributed by atoms with E-state index in [9.17, 15) is 0 Å². The summed E-state index contributed by atoms with van der Waals surface area (Å²) < 4.78 is 5.37. The molecule has 1 fully saturated rings. The van der Waals surface area contributed by atoms with Crippen molar-refractivity contribution in [3.8, 4) is 5.88 Å². The zero-order valence-electron chi connectivity index (χ0n) is 11.1. The summed E-state index contributed by atoms with van der Waals surface area (Å²) in [6.07, 6.45) is 6.74. The molecular weight excluding hydrogens is 228 g/mol. The highest BCUT2D eigenvalue weighted by Gasteiger charge is 2.22. The molecule has 1 aromatic heterocycles. The van der Waals surface area contributed by atoms with Gasteiger partial charge >= 0.3 is 0 Å². The topological polar surface area (TPSA) is 73.1 Å². The Morgan fingerprint density at radius 1 is 1.44 bits per heavy atom. The molecule has 1 atom stereocenters. The second kappa shape index (κ2) is 5.89. The number of nitrogen functional groups attached to an aromatic ring is 1. The van der Waals surface area contributed by atoms with Gasteiger partial charge in [-0.25, -0.2) is 4.98 Å². The number of nitrogens with one attached hydrogen (secondary N) is 1. The van der Waals surface area contributed by atoms with Crippen LogP contribution in [0, 0.1) is 5.92 Å². The Labute approximate surface area is 108 Å². The second-order valence-electron chi connectivity index (χ2n) is 4.85. The van der Waals surface area contributed by atoms with Crippen molar-refractivity contribution >= 4 is 11.5 Å². The van der Waals surface area contributed by atoms with Crippen molar-refractivity contribution in [3.05, 3.63) is 6.33 Å². The normalized spacial score (nSPS) is 17.7. The standard InChI is InChI=1S/C13H22N4O/c1-3-18-13-11(14)12(15-8-16-13)17-9(2)10-6-4-5-7-10/h8-10H,3-7,14H2,1-2H3,(H,15,16,17). The Hall–Kier alpha value is -1.52. The van der Waals surface area contributed by atoms with Gasteiger partial charge < -0.3 is 15.8 Å². The van der Waals surface area contributed by atoms with E-state index >= 15 is 0 Å². The van der Waals surface area contributed by atoms with Gasteiger partial charge in [0.05, 0.1) is 6.61 Å². The minimum Gasteiger partial charge on any atom is -0.476 e. The van der Waals surface area contributed by atoms with Crippen LogP contribution < -0.4 is 15.8 Å². The van der Waals surface area contributed by atoms with Crippen LogP contribution in [0.5, 0.6) is 5.88 Å². The summed E-state index contributed by atoms with van der Waals surface area (Å²) in [5.74, 6) is 1.87. The van der Waals surface area contributed by atoms with E-state index in [2.05, 4.69) is 22.2 Å². The zero-order valence-corrected chi connectivity index (χ0v) is 11.1. The number of rotatable bonds is 5. The monoisotopic (exact) mass is 250 g/mol. The molecule has 3 N–H and O–H groups in total. The first-order valence-electron chi connectivity index (χ1n) is 6.72. The smallest absolute Gasteiger partial charge is 0.242 e. The molecule has 1 heterocycles. The summed E-state index contributed by atoms with van der Waals surface area (Å²) in [6, 6.07) is 0.388. The van der Waals surface area contributed by atoms with Gasteiger partial charge in [0.25, 0.3) is 0 Å². The fraction of sp³-hybridized carbons (Fsp3) is 0.692. The van der Waals surface area contributed by atoms with Crippen molar-refractivity contribution in [1.29, 1.82) is 0 Å². The second-order valence-corrected chi connectivity index (χ2v) is 4.85. The molecule has 0 aliphatic heterocycles. The summed E-state index contributed by atoms with van der Waals surface area (Å²) in [7, 11) is 0. The maximum atomic E-state index is 6.00. The van der Waals surface area contributed by atoms with Crippen LogP contribution in [0.1, 0.15) is 39.5 Å². The van der Waals surface area contributed by atoms with Crippen molar-refractivity contribution in [2.75, 3.05) is 17.7 Å². The van der Waals surface area contributed by atoms with Crippen molar-refractivity contribution < 1.29 is 4.74 Å². The van der Waals surface area contributed by atoms with Gasteiger partial charge in [-0.05, 0) is 32.6 Å². The fourth-order valence-electron chi connectivity index (χ4n) is 2.54. The van der Waals surface area contributed by atoms with Crippen LogP contribution in [0.4, 0.5) is 11.5 Å². The zero-order chi connectivity index (χ0) is 13.0. The summed E-state index contributed by atoms with van der Waals surface area (Å²) in [5.41, 5.74) is 6.51. The molecule has 5 heteroatoms. The molecule has 1 aromatic rings. The van der Waals surface area contributed by atoms with Gasteiger partial charge in [-0.3, -0.25) is 0 Å². The first kappa shape index (κ1) is 12.9. The van der Waals surface area contributed by atoms with Crippen LogP contribution >= 0.6 is 0 Å². The molecule has 1 aliphatic rings. The Morgan fingerprint density at radius 2 is 2.17 bits per heavy atom. The Balaban J connectivity index is 2.06. The summed E-state index contributed by atoms with van der Waals surface area (Å²) >= 11 is 0. The highest BCUT2D eigenvalue weighted by molar-refractivity contribution is 5.66. The fourth-order valence-corrected chi connectivity index (χ4v) is 2.54. The van der Waals surface area contributed by atoms with Crippen molar-refractivity contribution in [1.82, 2.24) is 9.97 Å². The van der Waals surface area contributed by atoms with E-state index in [0.29, 0.717) is 30.0 Å². The van der Waals surface area contributed by atoms with E-state index in [-0.39, 0.29) is 0 Å². The molecule has 0 bridgehead atoms. The highest BCUT2D eigenvalue weighted by Crippen LogP contribution is 2.31. The molecule has 0 spiro atoms. The average molecular weight is 250 g/mol. The van der Waals surface area contributed by atoms with Gasteiger partial charge in [0.2, 0.25) is 5.88 Å². The SMILES string of the molecule is CCOc1ncnc(NC(C)C2CCCC2)c1N. The summed E-state index contributed by atoms with van der Waals surface area (Å²) in [6.45, 7) is 4.66. The molecule has 1 aliphatic carbocycles. The van der Waals surface area contributed by atoms with Gasteiger partial charge in [-0.1, -0.05) is 12.8 Å². The van der Waals surface area contributed by atoms with Crippen LogP contribution in [0.25, 0.3) is 0 Å². The lowest BCUT2D eigenvalue weighted by molar-refractivity contribution is 0.328. The predicted molar refractivity (Wildman–Crippen MR) is 72.7 cm³/mol. The largest absolute Gasteiger partial charge is 0.476 e. The number of aromatic nitrogens is 2. The van der Waals surface area contributed by atoms with E-state index < -0.39 is 0 Å². The van der Waals surface area contributed by atoms with Crippen LogP contribution in [0.3, 0.4) is 0 Å². The number of ether oxygens (including phenoxy) is 1. The lowest BCUT2D eigenvalue weighted by atomic mass is 10.00. The third-order valence-electron chi connectivity index (χ3n) is 3.60. The van der Waals surface area contributed by atoms with E-state index in [1.54, 1.807) is 0 Å². The Morgan fingerprint density at radius 3 is 2.83 bits per heavy atom. The third-order valence-corrected chi connectivity index (χ3v) is 3.60. The molecule has 100 valence electrons. The van der Waals surface area contributed by atoms with Crippen molar-refractivity contribution in [2.24, 2.45) is 5.92 Å². The van der Waals surface area contributed by atoms with Crippen molar-refractivity contribution in [2.45, 2.75) is 45.6 Å². The lowest BCUT2D eigenvalue weighted by Gasteiger charge is -2.22. The molecule has 1 unspecified atom stereocenters. The molecule has 0 amide bonds. The number of nitrogens with zero attached hydrogens (tertiary/aromatic N) is 2. The number of nitrogens with two attached hydrogens (primary N) is 1. The molecule has 2 rings (SSSR count). The molecule has 1 saturated carbocycles. The quantitative estimate of drug-likeness (QED) is 0.839. The van der Waals surface area contributed by atoms with Crippen LogP contribution in [-0.2, 0) is 0 Å². The average Bonchev–Trinajstić information content (AvgIpc) is 2.88. The number of anilines is 2. The maximum Gasteiger partial charge on any atom is 0.242 e. The Kier molecular flexibility index (Phi) is 4.23.